The first-order chi connectivity index (χ1) is 10.1. The molecule has 0 aliphatic carbocycles. The van der Waals surface area contributed by atoms with Gasteiger partial charge in [-0.2, -0.15) is 4.31 Å². The van der Waals surface area contributed by atoms with Gasteiger partial charge in [-0.3, -0.25) is 4.79 Å². The molecule has 3 rings (SSSR count). The smallest absolute Gasteiger partial charge is 0.243 e. The number of carbonyl (C=O) groups is 1. The van der Waals surface area contributed by atoms with E-state index in [2.05, 4.69) is 5.32 Å². The van der Waals surface area contributed by atoms with Crippen LogP contribution in [0.1, 0.15) is 12.8 Å². The lowest BCUT2D eigenvalue weighted by Crippen LogP contribution is -2.46. The van der Waals surface area contributed by atoms with Gasteiger partial charge in [0.15, 0.2) is 0 Å². The van der Waals surface area contributed by atoms with Crippen LogP contribution in [0.2, 0.25) is 0 Å². The lowest BCUT2D eigenvalue weighted by Gasteiger charge is -2.26. The summed E-state index contributed by atoms with van der Waals surface area (Å²) in [4.78, 5) is 13.7. The van der Waals surface area contributed by atoms with Crippen molar-refractivity contribution >= 4 is 21.6 Å². The van der Waals surface area contributed by atoms with Crippen molar-refractivity contribution in [3.8, 4) is 0 Å². The first-order valence-corrected chi connectivity index (χ1v) is 8.64. The summed E-state index contributed by atoms with van der Waals surface area (Å²) in [5.74, 6) is 0.104. The third kappa shape index (κ3) is 2.81. The Bertz CT molecular complexity index is 621. The second kappa shape index (κ2) is 5.75. The van der Waals surface area contributed by atoms with E-state index in [0.717, 1.165) is 12.1 Å². The Labute approximate surface area is 124 Å². The zero-order chi connectivity index (χ0) is 14.9. The van der Waals surface area contributed by atoms with E-state index in [1.165, 1.54) is 4.31 Å². The molecule has 0 spiro atoms. The lowest BCUT2D eigenvalue weighted by atomic mass is 10.3. The maximum atomic E-state index is 12.5. The Kier molecular flexibility index (Phi) is 3.97. The predicted molar refractivity (Wildman–Crippen MR) is 79.7 cm³/mol. The summed E-state index contributed by atoms with van der Waals surface area (Å²) in [6, 6.07) is 6.63. The number of hydrogen-bond acceptors (Lipinski definition) is 4. The van der Waals surface area contributed by atoms with E-state index in [0.29, 0.717) is 44.0 Å². The summed E-state index contributed by atoms with van der Waals surface area (Å²) >= 11 is 0. The van der Waals surface area contributed by atoms with Crippen LogP contribution in [0.15, 0.2) is 29.2 Å². The standard InChI is InChI=1S/C14H19N3O3S/c18-14-2-1-9-17(14)12-3-5-13(6-4-12)21(19,20)16-10-7-15-8-11-16/h3-6,15H,1-2,7-11H2. The van der Waals surface area contributed by atoms with Crippen molar-refractivity contribution in [1.29, 1.82) is 0 Å². The molecule has 0 radical (unpaired) electrons. The molecule has 2 saturated heterocycles. The predicted octanol–water partition coefficient (Wildman–Crippen LogP) is 0.407. The van der Waals surface area contributed by atoms with E-state index in [1.54, 1.807) is 29.2 Å². The summed E-state index contributed by atoms with van der Waals surface area (Å²) in [6.07, 6.45) is 1.43. The molecule has 2 fully saturated rings. The molecule has 2 aliphatic heterocycles. The molecule has 2 heterocycles. The van der Waals surface area contributed by atoms with Gasteiger partial charge >= 0.3 is 0 Å². The van der Waals surface area contributed by atoms with Gasteiger partial charge in [0, 0.05) is 44.8 Å². The molecule has 0 saturated carbocycles. The van der Waals surface area contributed by atoms with Gasteiger partial charge in [-0.1, -0.05) is 0 Å². The number of nitrogens with one attached hydrogen (secondary N) is 1. The molecule has 1 N–H and O–H groups in total. The molecule has 114 valence electrons. The number of amides is 1. The van der Waals surface area contributed by atoms with E-state index in [4.69, 9.17) is 0 Å². The van der Waals surface area contributed by atoms with E-state index in [1.807, 2.05) is 0 Å². The molecule has 2 aliphatic rings. The minimum absolute atomic E-state index is 0.104. The fourth-order valence-electron chi connectivity index (χ4n) is 2.75. The van der Waals surface area contributed by atoms with Gasteiger partial charge in [-0.05, 0) is 30.7 Å². The molecule has 0 unspecified atom stereocenters. The molecule has 0 atom stereocenters. The largest absolute Gasteiger partial charge is 0.314 e. The topological polar surface area (TPSA) is 69.7 Å². The monoisotopic (exact) mass is 309 g/mol. The van der Waals surface area contributed by atoms with E-state index < -0.39 is 10.0 Å². The number of anilines is 1. The van der Waals surface area contributed by atoms with Gasteiger partial charge < -0.3 is 10.2 Å². The average molecular weight is 309 g/mol. The molecule has 21 heavy (non-hydrogen) atoms. The van der Waals surface area contributed by atoms with Crippen LogP contribution in [-0.2, 0) is 14.8 Å². The number of hydrogen-bond donors (Lipinski definition) is 1. The molecule has 0 bridgehead atoms. The first kappa shape index (κ1) is 14.5. The third-order valence-corrected chi connectivity index (χ3v) is 5.85. The Morgan fingerprint density at radius 2 is 1.67 bits per heavy atom. The van der Waals surface area contributed by atoms with Gasteiger partial charge in [0.05, 0.1) is 4.90 Å². The summed E-state index contributed by atoms with van der Waals surface area (Å²) in [5, 5.41) is 3.14. The molecule has 1 amide bonds. The molecular weight excluding hydrogens is 290 g/mol. The highest BCUT2D eigenvalue weighted by atomic mass is 32.2. The fraction of sp³-hybridized carbons (Fsp3) is 0.500. The Morgan fingerprint density at radius 3 is 2.24 bits per heavy atom. The van der Waals surface area contributed by atoms with Crippen molar-refractivity contribution in [3.05, 3.63) is 24.3 Å². The number of sulfonamides is 1. The molecule has 1 aromatic rings. The zero-order valence-electron chi connectivity index (χ0n) is 11.8. The van der Waals surface area contributed by atoms with Crippen LogP contribution < -0.4 is 10.2 Å². The summed E-state index contributed by atoms with van der Waals surface area (Å²) in [6.45, 7) is 3.06. The van der Waals surface area contributed by atoms with Gasteiger partial charge in [-0.25, -0.2) is 8.42 Å². The molecule has 1 aromatic carbocycles. The molecule has 7 heteroatoms. The summed E-state index contributed by atoms with van der Waals surface area (Å²) < 4.78 is 26.5. The Hall–Kier alpha value is -1.44. The molecule has 6 nitrogen and oxygen atoms in total. The quantitative estimate of drug-likeness (QED) is 0.878. The second-order valence-corrected chi connectivity index (χ2v) is 7.23. The van der Waals surface area contributed by atoms with Crippen molar-refractivity contribution < 1.29 is 13.2 Å². The highest BCUT2D eigenvalue weighted by molar-refractivity contribution is 7.89. The van der Waals surface area contributed by atoms with Gasteiger partial charge in [0.25, 0.3) is 0 Å². The lowest BCUT2D eigenvalue weighted by molar-refractivity contribution is -0.117. The van der Waals surface area contributed by atoms with Crippen LogP contribution >= 0.6 is 0 Å². The first-order valence-electron chi connectivity index (χ1n) is 7.20. The van der Waals surface area contributed by atoms with E-state index >= 15 is 0 Å². The zero-order valence-corrected chi connectivity index (χ0v) is 12.6. The Morgan fingerprint density at radius 1 is 1.00 bits per heavy atom. The minimum atomic E-state index is -3.43. The van der Waals surface area contributed by atoms with Crippen LogP contribution in [0, 0.1) is 0 Å². The van der Waals surface area contributed by atoms with E-state index in [9.17, 15) is 13.2 Å². The fourth-order valence-corrected chi connectivity index (χ4v) is 4.19. The van der Waals surface area contributed by atoms with Crippen molar-refractivity contribution in [2.24, 2.45) is 0 Å². The van der Waals surface area contributed by atoms with Gasteiger partial charge in [-0.15, -0.1) is 0 Å². The van der Waals surface area contributed by atoms with Crippen molar-refractivity contribution in [2.45, 2.75) is 17.7 Å². The SMILES string of the molecule is O=C1CCCN1c1ccc(S(=O)(=O)N2CCNCC2)cc1. The third-order valence-electron chi connectivity index (χ3n) is 3.94. The van der Waals surface area contributed by atoms with Crippen molar-refractivity contribution in [2.75, 3.05) is 37.6 Å². The maximum Gasteiger partial charge on any atom is 0.243 e. The minimum Gasteiger partial charge on any atom is -0.314 e. The van der Waals surface area contributed by atoms with Gasteiger partial charge in [0.2, 0.25) is 15.9 Å². The normalized spacial score (nSPS) is 21.0. The number of nitrogens with zero attached hydrogens (tertiary/aromatic N) is 2. The Balaban J connectivity index is 1.81. The average Bonchev–Trinajstić information content (AvgIpc) is 2.94. The van der Waals surface area contributed by atoms with Crippen molar-refractivity contribution in [1.82, 2.24) is 9.62 Å². The number of benzene rings is 1. The number of rotatable bonds is 3. The molecule has 0 aromatic heterocycles. The summed E-state index contributed by atoms with van der Waals surface area (Å²) in [5.41, 5.74) is 0.775. The van der Waals surface area contributed by atoms with Crippen LogP contribution in [-0.4, -0.2) is 51.4 Å². The van der Waals surface area contributed by atoms with Crippen LogP contribution in [0.3, 0.4) is 0 Å². The highest BCUT2D eigenvalue weighted by Gasteiger charge is 2.26. The highest BCUT2D eigenvalue weighted by Crippen LogP contribution is 2.24. The van der Waals surface area contributed by atoms with Crippen LogP contribution in [0.4, 0.5) is 5.69 Å². The second-order valence-electron chi connectivity index (χ2n) is 5.30. The maximum absolute atomic E-state index is 12.5. The van der Waals surface area contributed by atoms with Crippen molar-refractivity contribution in [3.63, 3.8) is 0 Å². The van der Waals surface area contributed by atoms with Crippen LogP contribution in [0.25, 0.3) is 0 Å². The number of piperazine rings is 1. The molecular formula is C14H19N3O3S. The number of carbonyl (C=O) groups excluding carboxylic acids is 1. The van der Waals surface area contributed by atoms with Crippen LogP contribution in [0.5, 0.6) is 0 Å². The van der Waals surface area contributed by atoms with E-state index in [-0.39, 0.29) is 5.91 Å². The van der Waals surface area contributed by atoms with Gasteiger partial charge in [0.1, 0.15) is 0 Å². The summed E-state index contributed by atoms with van der Waals surface area (Å²) in [7, 11) is -3.43.